The number of aromatic nitrogens is 3. The van der Waals surface area contributed by atoms with Gasteiger partial charge in [0.15, 0.2) is 0 Å². The van der Waals surface area contributed by atoms with Crippen molar-refractivity contribution in [3.63, 3.8) is 0 Å². The van der Waals surface area contributed by atoms with Gasteiger partial charge >= 0.3 is 0 Å². The van der Waals surface area contributed by atoms with E-state index in [1.165, 1.54) is 12.8 Å². The summed E-state index contributed by atoms with van der Waals surface area (Å²) in [5.41, 5.74) is 0.322. The minimum Gasteiger partial charge on any atom is -0.383 e. The maximum absolute atomic E-state index is 12.6. The zero-order valence-corrected chi connectivity index (χ0v) is 15.3. The maximum atomic E-state index is 12.6. The maximum Gasteiger partial charge on any atom is 0.237 e. The van der Waals surface area contributed by atoms with Gasteiger partial charge in [-0.1, -0.05) is 0 Å². The lowest BCUT2D eigenvalue weighted by atomic mass is 9.77. The van der Waals surface area contributed by atoms with Gasteiger partial charge in [-0.05, 0) is 44.8 Å². The molecule has 3 heterocycles. The predicted molar refractivity (Wildman–Crippen MR) is 94.2 cm³/mol. The van der Waals surface area contributed by atoms with Crippen LogP contribution in [0.1, 0.15) is 25.1 Å². The fraction of sp³-hybridized carbons (Fsp3) is 0.824. The number of piperidine rings is 1. The van der Waals surface area contributed by atoms with Crippen molar-refractivity contribution in [3.05, 3.63) is 12.2 Å². The van der Waals surface area contributed by atoms with Crippen LogP contribution in [-0.4, -0.2) is 78.6 Å². The molecule has 1 spiro atoms. The Morgan fingerprint density at radius 1 is 1.48 bits per heavy atom. The highest BCUT2D eigenvalue weighted by Crippen LogP contribution is 2.41. The Kier molecular flexibility index (Phi) is 6.03. The van der Waals surface area contributed by atoms with E-state index < -0.39 is 0 Å². The number of hydrogen-bond donors (Lipinski definition) is 2. The molecule has 0 aliphatic carbocycles. The Morgan fingerprint density at radius 3 is 3.04 bits per heavy atom. The van der Waals surface area contributed by atoms with Gasteiger partial charge in [0, 0.05) is 33.2 Å². The summed E-state index contributed by atoms with van der Waals surface area (Å²) >= 11 is 0. The van der Waals surface area contributed by atoms with Gasteiger partial charge in [-0.2, -0.15) is 0 Å². The standard InChI is InChI=1S/C17H30N6O2/c1-22-12-17(4-7-18-8-5-17)11-14(22)16(24)19-6-3-15-21-20-13-23(15)9-10-25-2/h13-14,18H,3-12H2,1-2H3,(H,19,24)/t14-/m0/s1. The minimum absolute atomic E-state index is 0.00976. The number of likely N-dealkylation sites (tertiary alicyclic amines) is 1. The number of nitrogens with zero attached hydrogens (tertiary/aromatic N) is 4. The first-order chi connectivity index (χ1) is 12.1. The number of methoxy groups -OCH3 is 1. The van der Waals surface area contributed by atoms with Crippen molar-refractivity contribution in [2.45, 2.75) is 38.3 Å². The molecule has 2 N–H and O–H groups in total. The third-order valence-corrected chi connectivity index (χ3v) is 5.59. The molecule has 2 aliphatic rings. The molecule has 1 aromatic rings. The van der Waals surface area contributed by atoms with E-state index in [9.17, 15) is 4.79 Å². The second kappa shape index (κ2) is 8.25. The van der Waals surface area contributed by atoms with Crippen LogP contribution in [0.5, 0.6) is 0 Å². The van der Waals surface area contributed by atoms with Gasteiger partial charge in [-0.25, -0.2) is 0 Å². The number of carbonyl (C=O) groups is 1. The Bertz CT molecular complexity index is 569. The van der Waals surface area contributed by atoms with E-state index >= 15 is 0 Å². The molecular formula is C17H30N6O2. The van der Waals surface area contributed by atoms with Gasteiger partial charge in [0.25, 0.3) is 0 Å². The SMILES string of the molecule is COCCn1cnnc1CCNC(=O)[C@@H]1CC2(CCNCC2)CN1C. The molecule has 3 rings (SSSR count). The van der Waals surface area contributed by atoms with Crippen LogP contribution in [0.2, 0.25) is 0 Å². The average Bonchev–Trinajstić information content (AvgIpc) is 3.18. The second-order valence-electron chi connectivity index (χ2n) is 7.36. The third-order valence-electron chi connectivity index (χ3n) is 5.59. The van der Waals surface area contributed by atoms with E-state index in [0.29, 0.717) is 25.0 Å². The predicted octanol–water partition coefficient (Wildman–Crippen LogP) is -0.343. The molecule has 2 fully saturated rings. The van der Waals surface area contributed by atoms with Gasteiger partial charge in [0.2, 0.25) is 5.91 Å². The Morgan fingerprint density at radius 2 is 2.28 bits per heavy atom. The summed E-state index contributed by atoms with van der Waals surface area (Å²) in [4.78, 5) is 14.9. The number of amides is 1. The molecule has 0 bridgehead atoms. The quantitative estimate of drug-likeness (QED) is 0.700. The van der Waals surface area contributed by atoms with Gasteiger partial charge in [-0.3, -0.25) is 9.69 Å². The zero-order valence-electron chi connectivity index (χ0n) is 15.3. The lowest BCUT2D eigenvalue weighted by molar-refractivity contribution is -0.125. The number of rotatable bonds is 7. The highest BCUT2D eigenvalue weighted by atomic mass is 16.5. The molecule has 0 aromatic carbocycles. The van der Waals surface area contributed by atoms with Crippen LogP contribution in [0.3, 0.4) is 0 Å². The van der Waals surface area contributed by atoms with E-state index in [-0.39, 0.29) is 11.9 Å². The van der Waals surface area contributed by atoms with Gasteiger partial charge in [-0.15, -0.1) is 10.2 Å². The molecular weight excluding hydrogens is 320 g/mol. The summed E-state index contributed by atoms with van der Waals surface area (Å²) in [6, 6.07) is -0.00976. The van der Waals surface area contributed by atoms with Crippen molar-refractivity contribution >= 4 is 5.91 Å². The molecule has 2 aliphatic heterocycles. The van der Waals surface area contributed by atoms with Crippen LogP contribution < -0.4 is 10.6 Å². The summed E-state index contributed by atoms with van der Waals surface area (Å²) in [5.74, 6) is 1.02. The Balaban J connectivity index is 1.47. The van der Waals surface area contributed by atoms with E-state index in [0.717, 1.165) is 38.4 Å². The molecule has 1 aromatic heterocycles. The zero-order chi connectivity index (χ0) is 17.7. The van der Waals surface area contributed by atoms with Crippen molar-refractivity contribution in [1.29, 1.82) is 0 Å². The summed E-state index contributed by atoms with van der Waals surface area (Å²) in [7, 11) is 3.75. The monoisotopic (exact) mass is 350 g/mol. The molecule has 1 amide bonds. The first-order valence-corrected chi connectivity index (χ1v) is 9.18. The number of nitrogens with one attached hydrogen (secondary N) is 2. The molecule has 0 saturated carbocycles. The van der Waals surface area contributed by atoms with Crippen LogP contribution in [0.15, 0.2) is 6.33 Å². The van der Waals surface area contributed by atoms with E-state index in [2.05, 4.69) is 32.8 Å². The molecule has 25 heavy (non-hydrogen) atoms. The molecule has 2 saturated heterocycles. The number of carbonyl (C=O) groups excluding carboxylic acids is 1. The van der Waals surface area contributed by atoms with Gasteiger partial charge in [0.05, 0.1) is 12.6 Å². The normalized spacial score (nSPS) is 23.2. The van der Waals surface area contributed by atoms with Crippen molar-refractivity contribution in [3.8, 4) is 0 Å². The lowest BCUT2D eigenvalue weighted by Gasteiger charge is -2.33. The van der Waals surface area contributed by atoms with Gasteiger partial charge in [0.1, 0.15) is 12.2 Å². The fourth-order valence-electron chi connectivity index (χ4n) is 4.15. The van der Waals surface area contributed by atoms with Crippen LogP contribution >= 0.6 is 0 Å². The highest BCUT2D eigenvalue weighted by Gasteiger charge is 2.45. The van der Waals surface area contributed by atoms with Crippen molar-refractivity contribution in [1.82, 2.24) is 30.3 Å². The summed E-state index contributed by atoms with van der Waals surface area (Å²) in [6.45, 7) is 5.11. The van der Waals surface area contributed by atoms with Gasteiger partial charge < -0.3 is 19.9 Å². The topological polar surface area (TPSA) is 84.3 Å². The Hall–Kier alpha value is -1.51. The largest absolute Gasteiger partial charge is 0.383 e. The number of likely N-dealkylation sites (N-methyl/N-ethyl adjacent to an activating group) is 1. The van der Waals surface area contributed by atoms with Crippen LogP contribution in [0.25, 0.3) is 0 Å². The highest BCUT2D eigenvalue weighted by molar-refractivity contribution is 5.82. The summed E-state index contributed by atoms with van der Waals surface area (Å²) < 4.78 is 7.06. The lowest BCUT2D eigenvalue weighted by Crippen LogP contribution is -2.42. The van der Waals surface area contributed by atoms with E-state index in [4.69, 9.17) is 4.74 Å². The Labute approximate surface area is 149 Å². The second-order valence-corrected chi connectivity index (χ2v) is 7.36. The fourth-order valence-corrected chi connectivity index (χ4v) is 4.15. The van der Waals surface area contributed by atoms with Crippen LogP contribution in [0, 0.1) is 5.41 Å². The van der Waals surface area contributed by atoms with E-state index in [1.54, 1.807) is 13.4 Å². The summed E-state index contributed by atoms with van der Waals surface area (Å²) in [5, 5.41) is 14.6. The van der Waals surface area contributed by atoms with E-state index in [1.807, 2.05) is 4.57 Å². The summed E-state index contributed by atoms with van der Waals surface area (Å²) in [6.07, 6.45) is 5.71. The van der Waals surface area contributed by atoms with Crippen molar-refractivity contribution in [2.75, 3.05) is 46.9 Å². The van der Waals surface area contributed by atoms with Crippen molar-refractivity contribution in [2.24, 2.45) is 5.41 Å². The third kappa shape index (κ3) is 4.37. The number of ether oxygens (including phenoxy) is 1. The first-order valence-electron chi connectivity index (χ1n) is 9.18. The first kappa shape index (κ1) is 18.3. The smallest absolute Gasteiger partial charge is 0.237 e. The molecule has 140 valence electrons. The van der Waals surface area contributed by atoms with Crippen molar-refractivity contribution < 1.29 is 9.53 Å². The van der Waals surface area contributed by atoms with Crippen LogP contribution in [-0.2, 0) is 22.5 Å². The molecule has 0 radical (unpaired) electrons. The molecule has 8 heteroatoms. The van der Waals surface area contributed by atoms with Crippen LogP contribution in [0.4, 0.5) is 0 Å². The average molecular weight is 350 g/mol. The molecule has 0 unspecified atom stereocenters. The molecule has 1 atom stereocenters. The minimum atomic E-state index is -0.00976. The molecule has 8 nitrogen and oxygen atoms in total. The number of hydrogen-bond acceptors (Lipinski definition) is 6.